The van der Waals surface area contributed by atoms with Crippen LogP contribution >= 0.6 is 0 Å². The molecule has 0 aromatic carbocycles. The molecule has 1 aliphatic heterocycles. The first-order chi connectivity index (χ1) is 16.4. The Labute approximate surface area is 202 Å². The zero-order chi connectivity index (χ0) is 25.4. The molecule has 0 amide bonds. The predicted octanol–water partition coefficient (Wildman–Crippen LogP) is 2.18. The van der Waals surface area contributed by atoms with Gasteiger partial charge in [-0.1, -0.05) is 6.92 Å². The molecule has 1 heterocycles. The van der Waals surface area contributed by atoms with Crippen LogP contribution in [0.4, 0.5) is 0 Å². The third-order valence-corrected chi connectivity index (χ3v) is 10.3. The van der Waals surface area contributed by atoms with Crippen molar-refractivity contribution < 1.29 is 48.4 Å². The average molecular weight is 493 g/mol. The van der Waals surface area contributed by atoms with E-state index in [0.717, 1.165) is 12.8 Å². The van der Waals surface area contributed by atoms with E-state index in [1.54, 1.807) is 0 Å². The van der Waals surface area contributed by atoms with E-state index in [4.69, 9.17) is 24.4 Å². The third kappa shape index (κ3) is 3.24. The molecule has 2 N–H and O–H groups in total. The number of esters is 3. The summed E-state index contributed by atoms with van der Waals surface area (Å²) >= 11 is 0. The highest BCUT2D eigenvalue weighted by Crippen LogP contribution is 2.72. The highest BCUT2D eigenvalue weighted by molar-refractivity contribution is 5.94. The molecule has 0 aromatic heterocycles. The van der Waals surface area contributed by atoms with Crippen molar-refractivity contribution in [2.24, 2.45) is 39.9 Å². The minimum absolute atomic E-state index is 0.163. The van der Waals surface area contributed by atoms with Gasteiger partial charge in [-0.15, -0.1) is 0 Å². The van der Waals surface area contributed by atoms with Gasteiger partial charge in [-0.2, -0.15) is 0 Å². The van der Waals surface area contributed by atoms with Crippen LogP contribution in [0, 0.1) is 39.9 Å². The van der Waals surface area contributed by atoms with E-state index in [2.05, 4.69) is 0 Å². The lowest BCUT2D eigenvalue weighted by Crippen LogP contribution is -2.58. The molecule has 5 aliphatic carbocycles. The monoisotopic (exact) mass is 492 g/mol. The highest BCUT2D eigenvalue weighted by atomic mass is 16.6. The number of aliphatic carboxylic acids is 2. The summed E-state index contributed by atoms with van der Waals surface area (Å²) in [6.45, 7) is 2.30. The van der Waals surface area contributed by atoms with E-state index in [1.807, 2.05) is 13.8 Å². The quantitative estimate of drug-likeness (QED) is 0.381. The molecule has 5 unspecified atom stereocenters. The lowest BCUT2D eigenvalue weighted by Gasteiger charge is -2.60. The van der Waals surface area contributed by atoms with Crippen LogP contribution in [-0.2, 0) is 38.2 Å². The predicted molar refractivity (Wildman–Crippen MR) is 116 cm³/mol. The summed E-state index contributed by atoms with van der Waals surface area (Å²) < 4.78 is 15.9. The van der Waals surface area contributed by atoms with Crippen molar-refractivity contribution in [3.05, 3.63) is 0 Å². The van der Waals surface area contributed by atoms with Crippen LogP contribution in [0.15, 0.2) is 0 Å². The molecule has 6 fully saturated rings. The Balaban J connectivity index is 1.40. The first-order valence-corrected chi connectivity index (χ1v) is 12.4. The molecular weight excluding hydrogens is 460 g/mol. The van der Waals surface area contributed by atoms with Crippen LogP contribution in [0.25, 0.3) is 0 Å². The summed E-state index contributed by atoms with van der Waals surface area (Å²) in [7, 11) is 0. The van der Waals surface area contributed by atoms with E-state index in [9.17, 15) is 24.0 Å². The normalized spacial score (nSPS) is 44.7. The molecule has 10 nitrogen and oxygen atoms in total. The maximum atomic E-state index is 13.2. The molecule has 0 aromatic rings. The van der Waals surface area contributed by atoms with Crippen molar-refractivity contribution in [1.29, 1.82) is 0 Å². The van der Waals surface area contributed by atoms with Gasteiger partial charge in [0, 0.05) is 5.41 Å². The summed E-state index contributed by atoms with van der Waals surface area (Å²) in [6.07, 6.45) is 5.14. The maximum absolute atomic E-state index is 13.2. The van der Waals surface area contributed by atoms with Crippen LogP contribution in [-0.4, -0.2) is 58.9 Å². The summed E-state index contributed by atoms with van der Waals surface area (Å²) in [5.41, 5.74) is -3.93. The van der Waals surface area contributed by atoms with Crippen molar-refractivity contribution in [1.82, 2.24) is 0 Å². The highest BCUT2D eigenvalue weighted by Gasteiger charge is 2.79. The van der Waals surface area contributed by atoms with E-state index in [1.165, 1.54) is 0 Å². The van der Waals surface area contributed by atoms with Gasteiger partial charge in [-0.05, 0) is 82.0 Å². The van der Waals surface area contributed by atoms with E-state index < -0.39 is 64.9 Å². The molecule has 35 heavy (non-hydrogen) atoms. The minimum atomic E-state index is -1.51. The second kappa shape index (κ2) is 7.67. The fourth-order valence-corrected chi connectivity index (χ4v) is 8.65. The van der Waals surface area contributed by atoms with Gasteiger partial charge < -0.3 is 24.4 Å². The number of carboxylic acids is 2. The average Bonchev–Trinajstić information content (AvgIpc) is 3.10. The second-order valence-electron chi connectivity index (χ2n) is 11.9. The zero-order valence-corrected chi connectivity index (χ0v) is 20.0. The van der Waals surface area contributed by atoms with Crippen molar-refractivity contribution in [3.63, 3.8) is 0 Å². The second-order valence-corrected chi connectivity index (χ2v) is 11.9. The first-order valence-electron chi connectivity index (χ1n) is 12.4. The molecule has 6 rings (SSSR count). The van der Waals surface area contributed by atoms with Crippen molar-refractivity contribution in [2.75, 3.05) is 13.2 Å². The van der Waals surface area contributed by atoms with Gasteiger partial charge >= 0.3 is 29.8 Å². The van der Waals surface area contributed by atoms with Crippen LogP contribution < -0.4 is 0 Å². The smallest absolute Gasteiger partial charge is 0.351 e. The molecule has 6 aliphatic rings. The summed E-state index contributed by atoms with van der Waals surface area (Å²) in [4.78, 5) is 61.0. The molecule has 6 bridgehead atoms. The van der Waals surface area contributed by atoms with Gasteiger partial charge in [0.25, 0.3) is 0 Å². The Morgan fingerprint density at radius 2 is 1.49 bits per heavy atom. The fraction of sp³-hybridized carbons (Fsp3) is 0.800. The van der Waals surface area contributed by atoms with Gasteiger partial charge in [0.15, 0.2) is 13.2 Å². The Morgan fingerprint density at radius 3 is 2.03 bits per heavy atom. The lowest BCUT2D eigenvalue weighted by atomic mass is 9.43. The molecular formula is C25H32O10. The van der Waals surface area contributed by atoms with Gasteiger partial charge in [0.05, 0.1) is 10.8 Å². The zero-order valence-electron chi connectivity index (χ0n) is 20.0. The summed E-state index contributed by atoms with van der Waals surface area (Å²) in [5, 5.41) is 17.9. The van der Waals surface area contributed by atoms with E-state index in [0.29, 0.717) is 44.4 Å². The summed E-state index contributed by atoms with van der Waals surface area (Å²) in [5.74, 6) is -3.20. The minimum Gasteiger partial charge on any atom is -0.479 e. The van der Waals surface area contributed by atoms with E-state index in [-0.39, 0.29) is 17.8 Å². The SMILES string of the molecule is CC12CCC(C(=O)OCC(=O)O)(OC1=O)C2(C)CC1C2CC3CC1CC(C(=O)OCC(=O)O)(C3)C2. The van der Waals surface area contributed by atoms with Gasteiger partial charge in [-0.3, -0.25) is 9.59 Å². The third-order valence-electron chi connectivity index (χ3n) is 10.3. The molecule has 1 saturated heterocycles. The molecule has 192 valence electrons. The Morgan fingerprint density at radius 1 is 0.914 bits per heavy atom. The van der Waals surface area contributed by atoms with Crippen molar-refractivity contribution in [3.8, 4) is 0 Å². The molecule has 10 heteroatoms. The lowest BCUT2D eigenvalue weighted by molar-refractivity contribution is -0.191. The maximum Gasteiger partial charge on any atom is 0.351 e. The van der Waals surface area contributed by atoms with Crippen LogP contribution in [0.3, 0.4) is 0 Å². The number of rotatable bonds is 8. The molecule has 0 radical (unpaired) electrons. The molecule has 5 atom stereocenters. The molecule has 5 saturated carbocycles. The van der Waals surface area contributed by atoms with Crippen LogP contribution in [0.5, 0.6) is 0 Å². The van der Waals surface area contributed by atoms with Crippen molar-refractivity contribution >= 4 is 29.8 Å². The fourth-order valence-electron chi connectivity index (χ4n) is 8.65. The standard InChI is InChI=1S/C25H32O10/c1-22-3-4-25(35-19(22)30,21(32)34-12-18(28)29)23(22,2)10-16-14-5-13-6-15(16)9-24(7-13,8-14)20(31)33-11-17(26)27/h13-16H,3-12H2,1-2H3,(H,26,27)(H,28,29). The number of carbonyl (C=O) groups is 5. The number of carbonyl (C=O) groups excluding carboxylic acids is 3. The number of fused-ring (bicyclic) bond motifs is 2. The number of carboxylic acid groups (broad SMARTS) is 2. The van der Waals surface area contributed by atoms with Crippen LogP contribution in [0.2, 0.25) is 0 Å². The van der Waals surface area contributed by atoms with Gasteiger partial charge in [0.1, 0.15) is 0 Å². The van der Waals surface area contributed by atoms with Gasteiger partial charge in [0.2, 0.25) is 5.60 Å². The number of hydrogen-bond donors (Lipinski definition) is 2. The van der Waals surface area contributed by atoms with Gasteiger partial charge in [-0.25, -0.2) is 14.4 Å². The number of hydrogen-bond acceptors (Lipinski definition) is 8. The summed E-state index contributed by atoms with van der Waals surface area (Å²) in [6, 6.07) is 0. The van der Waals surface area contributed by atoms with Crippen LogP contribution in [0.1, 0.15) is 65.2 Å². The first kappa shape index (κ1) is 24.1. The Bertz CT molecular complexity index is 988. The largest absolute Gasteiger partial charge is 0.479 e. The molecule has 0 spiro atoms. The Hall–Kier alpha value is -2.65. The Kier molecular flexibility index (Phi) is 5.27. The van der Waals surface area contributed by atoms with E-state index >= 15 is 0 Å². The number of ether oxygens (including phenoxy) is 3. The van der Waals surface area contributed by atoms with Crippen molar-refractivity contribution in [2.45, 2.75) is 70.8 Å². The topological polar surface area (TPSA) is 154 Å².